The van der Waals surface area contributed by atoms with Crippen LogP contribution in [0.15, 0.2) is 47.6 Å². The molecule has 0 bridgehead atoms. The fourth-order valence-corrected chi connectivity index (χ4v) is 4.05. The predicted octanol–water partition coefficient (Wildman–Crippen LogP) is 5.32. The van der Waals surface area contributed by atoms with Crippen molar-refractivity contribution in [2.24, 2.45) is 5.16 Å². The molecule has 1 atom stereocenters. The number of β-amino-alcohol motifs (C(OH)–C–C–N with tert-alkyl or cyclic N) is 1. The monoisotopic (exact) mass is 532 g/mol. The fourth-order valence-electron chi connectivity index (χ4n) is 3.53. The number of aliphatic hydroxyl groups is 1. The zero-order valence-electron chi connectivity index (χ0n) is 19.2. The molecule has 2 heterocycles. The van der Waals surface area contributed by atoms with Crippen LogP contribution in [-0.2, 0) is 25.6 Å². The van der Waals surface area contributed by atoms with E-state index in [1.807, 2.05) is 20.8 Å². The maximum absolute atomic E-state index is 14.0. The third kappa shape index (κ3) is 6.09. The second kappa shape index (κ2) is 9.97. The first-order valence-corrected chi connectivity index (χ1v) is 11.4. The summed E-state index contributed by atoms with van der Waals surface area (Å²) in [5.41, 5.74) is -2.80. The molecule has 2 aromatic rings. The number of ether oxygens (including phenoxy) is 1. The van der Waals surface area contributed by atoms with Crippen LogP contribution in [0.25, 0.3) is 0 Å². The maximum Gasteiger partial charge on any atom is 0.435 e. The van der Waals surface area contributed by atoms with Crippen molar-refractivity contribution in [3.8, 4) is 0 Å². The summed E-state index contributed by atoms with van der Waals surface area (Å²) < 4.78 is 46.6. The van der Waals surface area contributed by atoms with Crippen molar-refractivity contribution in [1.29, 1.82) is 0 Å². The van der Waals surface area contributed by atoms with Crippen molar-refractivity contribution in [3.05, 3.63) is 69.2 Å². The fraction of sp³-hybridized carbons (Fsp3) is 0.417. The van der Waals surface area contributed by atoms with Crippen LogP contribution in [0.4, 0.5) is 13.2 Å². The molecule has 1 fully saturated rings. The Morgan fingerprint density at radius 3 is 2.03 bits per heavy atom. The second-order valence-electron chi connectivity index (χ2n) is 9.33. The molecule has 0 aliphatic carbocycles. The van der Waals surface area contributed by atoms with Gasteiger partial charge in [0.15, 0.2) is 0 Å². The second-order valence-corrected chi connectivity index (χ2v) is 10.2. The molecule has 11 heteroatoms. The first kappa shape index (κ1) is 27.3. The molecule has 0 radical (unpaired) electrons. The van der Waals surface area contributed by atoms with E-state index in [2.05, 4.69) is 15.2 Å². The Bertz CT molecular complexity index is 1080. The van der Waals surface area contributed by atoms with Gasteiger partial charge in [0.1, 0.15) is 11.2 Å². The van der Waals surface area contributed by atoms with E-state index >= 15 is 0 Å². The van der Waals surface area contributed by atoms with Crippen molar-refractivity contribution in [3.63, 3.8) is 0 Å². The van der Waals surface area contributed by atoms with Crippen LogP contribution in [-0.4, -0.2) is 42.2 Å². The Morgan fingerprint density at radius 2 is 1.63 bits per heavy atom. The minimum absolute atomic E-state index is 0.0786. The minimum Gasteiger partial charge on any atom is -0.462 e. The number of oxime groups is 1. The molecule has 0 saturated carbocycles. The van der Waals surface area contributed by atoms with Crippen molar-refractivity contribution >= 4 is 35.4 Å². The van der Waals surface area contributed by atoms with Gasteiger partial charge < -0.3 is 20.0 Å². The topological polar surface area (TPSA) is 80.2 Å². The lowest BCUT2D eigenvalue weighted by Crippen LogP contribution is -2.56. The number of nitrogens with one attached hydrogen (secondary N) is 1. The van der Waals surface area contributed by atoms with Crippen molar-refractivity contribution < 1.29 is 32.6 Å². The molecule has 0 aromatic heterocycles. The van der Waals surface area contributed by atoms with Crippen LogP contribution in [0.1, 0.15) is 43.9 Å². The van der Waals surface area contributed by atoms with E-state index in [-0.39, 0.29) is 26.9 Å². The SMILES string of the molecule is CC(C)(C)OC=O.OC1(c2ccc(C3=NO[C@](c4cc(Cl)cc(Cl)c4)(C(F)(F)F)C3)cc2)CNC1. The molecule has 2 aliphatic rings. The van der Waals surface area contributed by atoms with Crippen LogP contribution in [0.2, 0.25) is 10.0 Å². The van der Waals surface area contributed by atoms with Crippen LogP contribution >= 0.6 is 23.2 Å². The van der Waals surface area contributed by atoms with Gasteiger partial charge in [0.25, 0.3) is 12.1 Å². The van der Waals surface area contributed by atoms with Crippen LogP contribution in [0.3, 0.4) is 0 Å². The lowest BCUT2D eigenvalue weighted by molar-refractivity contribution is -0.275. The van der Waals surface area contributed by atoms with Crippen LogP contribution < -0.4 is 5.32 Å². The van der Waals surface area contributed by atoms with E-state index < -0.39 is 23.8 Å². The van der Waals surface area contributed by atoms with Crippen molar-refractivity contribution in [2.45, 2.75) is 50.2 Å². The maximum atomic E-state index is 14.0. The summed E-state index contributed by atoms with van der Waals surface area (Å²) in [6.07, 6.45) is -5.25. The largest absolute Gasteiger partial charge is 0.462 e. The van der Waals surface area contributed by atoms with Gasteiger partial charge in [0.2, 0.25) is 0 Å². The van der Waals surface area contributed by atoms with Gasteiger partial charge in [-0.1, -0.05) is 52.6 Å². The van der Waals surface area contributed by atoms with E-state index in [1.165, 1.54) is 18.2 Å². The molecule has 2 aliphatic heterocycles. The van der Waals surface area contributed by atoms with E-state index in [4.69, 9.17) is 28.0 Å². The average Bonchev–Trinajstić information content (AvgIpc) is 3.18. The third-order valence-corrected chi connectivity index (χ3v) is 5.94. The number of halogens is 5. The quantitative estimate of drug-likeness (QED) is 0.520. The Labute approximate surface area is 211 Å². The number of hydrogen-bond acceptors (Lipinski definition) is 6. The summed E-state index contributed by atoms with van der Waals surface area (Å²) in [6.45, 7) is 6.79. The van der Waals surface area contributed by atoms with Gasteiger partial charge in [0.05, 0.1) is 5.71 Å². The van der Waals surface area contributed by atoms with Gasteiger partial charge in [-0.2, -0.15) is 13.2 Å². The number of carbonyl (C=O) groups excluding carboxylic acids is 1. The first-order valence-electron chi connectivity index (χ1n) is 10.6. The van der Waals surface area contributed by atoms with Crippen LogP contribution in [0, 0.1) is 0 Å². The normalized spacial score (nSPS) is 21.1. The molecule has 0 spiro atoms. The standard InChI is InChI=1S/C19H15Cl2F3N2O2.C5H10O2/c20-14-5-13(6-15(21)7-14)18(19(22,23)24)8-16(26-28-18)11-1-3-12(4-2-11)17(27)9-25-10-17;1-5(2,3)7-4-6/h1-7,25,27H,8-10H2;4H,1-3H3/t18-;/m1./s1. The number of benzene rings is 2. The third-order valence-electron chi connectivity index (χ3n) is 5.51. The van der Waals surface area contributed by atoms with Gasteiger partial charge in [-0.25, -0.2) is 0 Å². The summed E-state index contributed by atoms with van der Waals surface area (Å²) in [5, 5.41) is 17.2. The highest BCUT2D eigenvalue weighted by Crippen LogP contribution is 2.49. The molecule has 190 valence electrons. The average molecular weight is 533 g/mol. The Hall–Kier alpha value is -2.33. The summed E-state index contributed by atoms with van der Waals surface area (Å²) in [5.74, 6) is 0. The number of rotatable bonds is 4. The molecular weight excluding hydrogens is 508 g/mol. The predicted molar refractivity (Wildman–Crippen MR) is 127 cm³/mol. The Morgan fingerprint density at radius 1 is 1.06 bits per heavy atom. The summed E-state index contributed by atoms with van der Waals surface area (Å²) in [6, 6.07) is 10.3. The number of hydrogen-bond donors (Lipinski definition) is 2. The van der Waals surface area contributed by atoms with Gasteiger partial charge in [-0.05, 0) is 50.1 Å². The zero-order valence-corrected chi connectivity index (χ0v) is 20.8. The Balaban J connectivity index is 0.000000429. The molecule has 2 N–H and O–H groups in total. The smallest absolute Gasteiger partial charge is 0.435 e. The van der Waals surface area contributed by atoms with E-state index in [9.17, 15) is 23.1 Å². The zero-order chi connectivity index (χ0) is 26.1. The molecule has 35 heavy (non-hydrogen) atoms. The van der Waals surface area contributed by atoms with Gasteiger partial charge >= 0.3 is 6.18 Å². The lowest BCUT2D eigenvalue weighted by Gasteiger charge is -2.38. The molecule has 2 aromatic carbocycles. The van der Waals surface area contributed by atoms with E-state index in [0.29, 0.717) is 30.7 Å². The lowest BCUT2D eigenvalue weighted by atomic mass is 9.85. The minimum atomic E-state index is -4.74. The number of alkyl halides is 3. The van der Waals surface area contributed by atoms with E-state index in [1.54, 1.807) is 24.3 Å². The van der Waals surface area contributed by atoms with Crippen LogP contribution in [0.5, 0.6) is 0 Å². The molecule has 4 rings (SSSR count). The first-order chi connectivity index (χ1) is 16.2. The Kier molecular flexibility index (Phi) is 7.76. The van der Waals surface area contributed by atoms with Crippen molar-refractivity contribution in [1.82, 2.24) is 5.32 Å². The molecule has 6 nitrogen and oxygen atoms in total. The summed E-state index contributed by atoms with van der Waals surface area (Å²) in [4.78, 5) is 14.6. The highest BCUT2D eigenvalue weighted by atomic mass is 35.5. The highest BCUT2D eigenvalue weighted by molar-refractivity contribution is 6.34. The van der Waals surface area contributed by atoms with E-state index in [0.717, 1.165) is 0 Å². The molecule has 0 unspecified atom stereocenters. The van der Waals surface area contributed by atoms with Gasteiger partial charge in [-0.3, -0.25) is 4.79 Å². The highest BCUT2D eigenvalue weighted by Gasteiger charge is 2.62. The molecular formula is C24H25Cl2F3N2O4. The molecule has 1 saturated heterocycles. The number of carbonyl (C=O) groups is 1. The summed E-state index contributed by atoms with van der Waals surface area (Å²) in [7, 11) is 0. The summed E-state index contributed by atoms with van der Waals surface area (Å²) >= 11 is 11.8. The molecule has 0 amide bonds. The van der Waals surface area contributed by atoms with Gasteiger partial charge in [0, 0.05) is 35.1 Å². The van der Waals surface area contributed by atoms with Gasteiger partial charge in [-0.15, -0.1) is 0 Å². The van der Waals surface area contributed by atoms with Crippen molar-refractivity contribution in [2.75, 3.05) is 13.1 Å². The number of nitrogens with zero attached hydrogens (tertiary/aromatic N) is 1.